The molecule has 0 spiro atoms. The van der Waals surface area contributed by atoms with E-state index in [-0.39, 0.29) is 19.5 Å². The predicted molar refractivity (Wildman–Crippen MR) is 74.9 cm³/mol. The summed E-state index contributed by atoms with van der Waals surface area (Å²) in [6, 6.07) is 0. The monoisotopic (exact) mass is 315 g/mol. The van der Waals surface area contributed by atoms with Crippen LogP contribution in [0.1, 0.15) is 0 Å². The molecular weight excluding hydrogens is 291 g/mol. The zero-order chi connectivity index (χ0) is 12.2. The van der Waals surface area contributed by atoms with E-state index >= 15 is 0 Å². The molecule has 0 aliphatic carbocycles. The number of rotatable bonds is 2. The van der Waals surface area contributed by atoms with Crippen LogP contribution in [0.3, 0.4) is 0 Å². The quantitative estimate of drug-likeness (QED) is 0.421. The molecular formula is C9H26NOPSi2Zn. The Bertz CT molecular complexity index is 185. The minimum absolute atomic E-state index is 0. The van der Waals surface area contributed by atoms with Gasteiger partial charge in [0.15, 0.2) is 0 Å². The zero-order valence-corrected chi connectivity index (χ0v) is 17.6. The first-order chi connectivity index (χ1) is 5.71. The summed E-state index contributed by atoms with van der Waals surface area (Å²) in [4.78, 5) is 0. The van der Waals surface area contributed by atoms with E-state index in [1.807, 2.05) is 0 Å². The van der Waals surface area contributed by atoms with Crippen LogP contribution in [0, 0.1) is 6.66 Å². The van der Waals surface area contributed by atoms with Crippen LogP contribution < -0.4 is 0 Å². The Kier molecular flexibility index (Phi) is 10.8. The minimum atomic E-state index is -1.89. The molecule has 2 nitrogen and oxygen atoms in total. The van der Waals surface area contributed by atoms with E-state index in [2.05, 4.69) is 45.9 Å². The second-order valence-corrected chi connectivity index (χ2v) is 18.8. The molecule has 0 saturated heterocycles. The van der Waals surface area contributed by atoms with Gasteiger partial charge in [-0.2, -0.15) is 0 Å². The van der Waals surface area contributed by atoms with Crippen molar-refractivity contribution in [3.05, 3.63) is 11.3 Å². The van der Waals surface area contributed by atoms with Gasteiger partial charge in [0.25, 0.3) is 0 Å². The molecule has 0 radical (unpaired) electrons. The average Bonchev–Trinajstić information content (AvgIpc) is 1.42. The van der Waals surface area contributed by atoms with Crippen molar-refractivity contribution >= 4 is 23.6 Å². The maximum atomic E-state index is 10.1. The third-order valence-electron chi connectivity index (χ3n) is 0.671. The first-order valence-electron chi connectivity index (χ1n) is 4.84. The SMILES string of the molecule is C[Si](C)(C)[N-][Si](C)(C)C.[CH2-]P(C)(C)=O.[Zn+2]. The van der Waals surface area contributed by atoms with Crippen LogP contribution in [-0.4, -0.2) is 29.8 Å². The number of hydrogen-bond donors (Lipinski definition) is 0. The predicted octanol–water partition coefficient (Wildman–Crippen LogP) is 4.43. The normalized spacial score (nSPS) is 12.3. The van der Waals surface area contributed by atoms with Crippen LogP contribution in [0.2, 0.25) is 39.3 Å². The van der Waals surface area contributed by atoms with Gasteiger partial charge in [-0.3, -0.25) is 6.66 Å². The molecule has 0 aromatic rings. The van der Waals surface area contributed by atoms with Gasteiger partial charge in [-0.25, -0.2) is 0 Å². The van der Waals surface area contributed by atoms with Gasteiger partial charge in [0.05, 0.1) is 0 Å². The first kappa shape index (κ1) is 21.5. The number of hydrogen-bond acceptors (Lipinski definition) is 1. The Morgan fingerprint density at radius 3 is 1.07 bits per heavy atom. The van der Waals surface area contributed by atoms with E-state index in [9.17, 15) is 4.57 Å². The molecule has 0 amide bonds. The molecule has 0 N–H and O–H groups in total. The molecule has 15 heavy (non-hydrogen) atoms. The molecule has 6 heteroatoms. The van der Waals surface area contributed by atoms with Crippen LogP contribution in [0.5, 0.6) is 0 Å². The molecule has 0 aliphatic heterocycles. The van der Waals surface area contributed by atoms with E-state index in [0.717, 1.165) is 0 Å². The van der Waals surface area contributed by atoms with E-state index in [1.54, 1.807) is 13.3 Å². The van der Waals surface area contributed by atoms with Gasteiger partial charge in [0.2, 0.25) is 0 Å². The summed E-state index contributed by atoms with van der Waals surface area (Å²) in [6.45, 7) is 20.4. The minimum Gasteiger partial charge on any atom is -0.668 e. The molecule has 0 heterocycles. The Balaban J connectivity index is -0.000000208. The van der Waals surface area contributed by atoms with Crippen molar-refractivity contribution < 1.29 is 24.0 Å². The fourth-order valence-electron chi connectivity index (χ4n) is 1.01. The summed E-state index contributed by atoms with van der Waals surface area (Å²) in [6.07, 6.45) is 0. The van der Waals surface area contributed by atoms with Crippen molar-refractivity contribution in [1.29, 1.82) is 0 Å². The number of nitrogens with zero attached hydrogens (tertiary/aromatic N) is 1. The average molecular weight is 317 g/mol. The van der Waals surface area contributed by atoms with Gasteiger partial charge in [-0.1, -0.05) is 62.9 Å². The van der Waals surface area contributed by atoms with Crippen molar-refractivity contribution in [3.8, 4) is 0 Å². The maximum absolute atomic E-state index is 10.1. The molecule has 0 saturated carbocycles. The molecule has 0 fully saturated rings. The molecule has 0 unspecified atom stereocenters. The molecule has 0 bridgehead atoms. The van der Waals surface area contributed by atoms with Gasteiger partial charge in [0, 0.05) is 0 Å². The Hall–Kier alpha value is 1.25. The summed E-state index contributed by atoms with van der Waals surface area (Å²) < 4.78 is 14.9. The molecule has 0 aromatic heterocycles. The van der Waals surface area contributed by atoms with Gasteiger partial charge >= 0.3 is 19.5 Å². The third kappa shape index (κ3) is 50.9. The summed E-state index contributed by atoms with van der Waals surface area (Å²) in [5.41, 5.74) is 0. The second kappa shape index (κ2) is 7.55. The Morgan fingerprint density at radius 2 is 1.07 bits per heavy atom. The van der Waals surface area contributed by atoms with Crippen molar-refractivity contribution in [2.24, 2.45) is 0 Å². The molecule has 88 valence electrons. The summed E-state index contributed by atoms with van der Waals surface area (Å²) in [7, 11) is -4.10. The van der Waals surface area contributed by atoms with Gasteiger partial charge in [0.1, 0.15) is 0 Å². The van der Waals surface area contributed by atoms with Crippen LogP contribution in [0.25, 0.3) is 4.65 Å². The fourth-order valence-corrected chi connectivity index (χ4v) is 9.06. The summed E-state index contributed by atoms with van der Waals surface area (Å²) in [5.74, 6) is 0. The second-order valence-electron chi connectivity index (χ2n) is 6.03. The van der Waals surface area contributed by atoms with Crippen molar-refractivity contribution in [3.63, 3.8) is 0 Å². The van der Waals surface area contributed by atoms with E-state index < -0.39 is 23.6 Å². The standard InChI is InChI=1S/C6H18NSi2.C3H8OP.Zn/c1-8(2,3)7-9(4,5)6;1-5(2,3)4;/h1-6H3;1H2,2-3H3;/q2*-1;+2. The van der Waals surface area contributed by atoms with Gasteiger partial charge in [-0.05, 0) is 13.3 Å². The fraction of sp³-hybridized carbons (Fsp3) is 0.889. The van der Waals surface area contributed by atoms with E-state index in [0.29, 0.717) is 0 Å². The van der Waals surface area contributed by atoms with Crippen LogP contribution in [0.15, 0.2) is 0 Å². The van der Waals surface area contributed by atoms with Gasteiger partial charge < -0.3 is 9.21 Å². The maximum Gasteiger partial charge on any atom is 2.00 e. The van der Waals surface area contributed by atoms with Crippen molar-refractivity contribution in [2.75, 3.05) is 13.3 Å². The first-order valence-corrected chi connectivity index (χ1v) is 14.5. The Morgan fingerprint density at radius 1 is 0.933 bits per heavy atom. The van der Waals surface area contributed by atoms with Crippen LogP contribution in [0.4, 0.5) is 0 Å². The summed E-state index contributed by atoms with van der Waals surface area (Å²) >= 11 is 0. The molecule has 0 aromatic carbocycles. The zero-order valence-electron chi connectivity index (χ0n) is 11.7. The smallest absolute Gasteiger partial charge is 0.668 e. The molecule has 0 atom stereocenters. The third-order valence-corrected chi connectivity index (χ3v) is 6.04. The van der Waals surface area contributed by atoms with Gasteiger partial charge in [-0.15, -0.1) is 0 Å². The molecule has 0 rings (SSSR count). The topological polar surface area (TPSA) is 31.2 Å². The molecule has 0 aliphatic rings. The van der Waals surface area contributed by atoms with E-state index in [4.69, 9.17) is 4.65 Å². The van der Waals surface area contributed by atoms with Crippen LogP contribution in [-0.2, 0) is 24.0 Å². The van der Waals surface area contributed by atoms with E-state index in [1.165, 1.54) is 0 Å². The van der Waals surface area contributed by atoms with Crippen molar-refractivity contribution in [1.82, 2.24) is 0 Å². The van der Waals surface area contributed by atoms with Crippen molar-refractivity contribution in [2.45, 2.75) is 39.3 Å². The summed E-state index contributed by atoms with van der Waals surface area (Å²) in [5, 5.41) is 0. The Labute approximate surface area is 111 Å². The largest absolute Gasteiger partial charge is 2.00 e. The van der Waals surface area contributed by atoms with Crippen LogP contribution >= 0.6 is 7.14 Å².